The first-order valence-electron chi connectivity index (χ1n) is 5.83. The Labute approximate surface area is 103 Å². The van der Waals surface area contributed by atoms with Crippen LogP contribution in [0.4, 0.5) is 4.39 Å². The van der Waals surface area contributed by atoms with Gasteiger partial charge in [-0.2, -0.15) is 0 Å². The lowest BCUT2D eigenvalue weighted by Crippen LogP contribution is -2.47. The molecule has 17 heavy (non-hydrogen) atoms. The highest BCUT2D eigenvalue weighted by atomic mass is 19.1. The Morgan fingerprint density at radius 2 is 1.76 bits per heavy atom. The third-order valence-electron chi connectivity index (χ3n) is 3.38. The van der Waals surface area contributed by atoms with E-state index < -0.39 is 11.0 Å². The number of halogens is 1. The maximum atomic E-state index is 14.1. The number of benzene rings is 1. The van der Waals surface area contributed by atoms with E-state index in [9.17, 15) is 9.50 Å². The molecule has 96 valence electrons. The molecule has 0 spiro atoms. The van der Waals surface area contributed by atoms with Gasteiger partial charge in [-0.05, 0) is 36.5 Å². The van der Waals surface area contributed by atoms with Crippen LogP contribution in [0.25, 0.3) is 0 Å². The van der Waals surface area contributed by atoms with Crippen LogP contribution in [-0.2, 0) is 5.60 Å². The van der Waals surface area contributed by atoms with E-state index in [0.29, 0.717) is 5.56 Å². The van der Waals surface area contributed by atoms with Gasteiger partial charge >= 0.3 is 0 Å². The van der Waals surface area contributed by atoms with Crippen LogP contribution in [0.3, 0.4) is 0 Å². The smallest absolute Gasteiger partial charge is 0.129 e. The predicted molar refractivity (Wildman–Crippen MR) is 68.3 cm³/mol. The number of aryl methyl sites for hydroxylation is 2. The van der Waals surface area contributed by atoms with Gasteiger partial charge in [0.25, 0.3) is 0 Å². The Balaban J connectivity index is 3.51. The molecule has 0 fully saturated rings. The molecule has 0 saturated heterocycles. The molecule has 0 aliphatic carbocycles. The molecule has 2 nitrogen and oxygen atoms in total. The summed E-state index contributed by atoms with van der Waals surface area (Å²) in [7, 11) is 0. The maximum absolute atomic E-state index is 14.1. The second-order valence-electron chi connectivity index (χ2n) is 5.75. The van der Waals surface area contributed by atoms with Crippen molar-refractivity contribution < 1.29 is 9.50 Å². The minimum Gasteiger partial charge on any atom is -0.383 e. The van der Waals surface area contributed by atoms with Crippen LogP contribution in [0.15, 0.2) is 12.1 Å². The number of aliphatic hydroxyl groups is 1. The molecular weight excluding hydrogens is 217 g/mol. The average Bonchev–Trinajstić information content (AvgIpc) is 2.13. The van der Waals surface area contributed by atoms with Gasteiger partial charge < -0.3 is 10.8 Å². The standard InChI is InChI=1S/C14H22FNO/c1-9-6-10(2)12(11(15)7-9)14(17,8-16)13(3,4)5/h6-7,17H,8,16H2,1-5H3. The van der Waals surface area contributed by atoms with Crippen molar-refractivity contribution in [3.05, 3.63) is 34.6 Å². The fourth-order valence-corrected chi connectivity index (χ4v) is 2.22. The zero-order valence-electron chi connectivity index (χ0n) is 11.3. The number of hydrogen-bond acceptors (Lipinski definition) is 2. The zero-order valence-corrected chi connectivity index (χ0v) is 11.3. The molecule has 1 aromatic carbocycles. The van der Waals surface area contributed by atoms with Crippen molar-refractivity contribution in [3.8, 4) is 0 Å². The highest BCUT2D eigenvalue weighted by Gasteiger charge is 2.43. The summed E-state index contributed by atoms with van der Waals surface area (Å²) in [6.07, 6.45) is 0. The first kappa shape index (κ1) is 14.1. The highest BCUT2D eigenvalue weighted by molar-refractivity contribution is 5.37. The lowest BCUT2D eigenvalue weighted by atomic mass is 9.70. The monoisotopic (exact) mass is 239 g/mol. The normalized spacial score (nSPS) is 15.8. The Kier molecular flexibility index (Phi) is 3.65. The second-order valence-corrected chi connectivity index (χ2v) is 5.75. The molecule has 0 heterocycles. The third kappa shape index (κ3) is 2.35. The Bertz CT molecular complexity index is 400. The van der Waals surface area contributed by atoms with Gasteiger partial charge in [0.15, 0.2) is 0 Å². The van der Waals surface area contributed by atoms with E-state index in [1.165, 1.54) is 6.07 Å². The first-order valence-corrected chi connectivity index (χ1v) is 5.83. The number of hydrogen-bond donors (Lipinski definition) is 2. The van der Waals surface area contributed by atoms with Crippen LogP contribution in [0.2, 0.25) is 0 Å². The summed E-state index contributed by atoms with van der Waals surface area (Å²) in [6.45, 7) is 9.21. The lowest BCUT2D eigenvalue weighted by molar-refractivity contribution is -0.0588. The van der Waals surface area contributed by atoms with Gasteiger partial charge in [0, 0.05) is 12.1 Å². The van der Waals surface area contributed by atoms with Crippen LogP contribution in [-0.4, -0.2) is 11.7 Å². The fraction of sp³-hybridized carbons (Fsp3) is 0.571. The predicted octanol–water partition coefficient (Wildman–Crippen LogP) is 2.63. The van der Waals surface area contributed by atoms with Crippen molar-refractivity contribution in [1.29, 1.82) is 0 Å². The summed E-state index contributed by atoms with van der Waals surface area (Å²) < 4.78 is 14.1. The summed E-state index contributed by atoms with van der Waals surface area (Å²) in [5, 5.41) is 10.7. The minimum atomic E-state index is -1.35. The van der Waals surface area contributed by atoms with Crippen LogP contribution >= 0.6 is 0 Å². The molecule has 3 N–H and O–H groups in total. The van der Waals surface area contributed by atoms with E-state index in [1.54, 1.807) is 6.92 Å². The molecule has 0 bridgehead atoms. The van der Waals surface area contributed by atoms with Gasteiger partial charge in [0.1, 0.15) is 11.4 Å². The van der Waals surface area contributed by atoms with Gasteiger partial charge in [-0.15, -0.1) is 0 Å². The number of nitrogens with two attached hydrogens (primary N) is 1. The first-order chi connectivity index (χ1) is 7.63. The van der Waals surface area contributed by atoms with Gasteiger partial charge in [-0.1, -0.05) is 26.8 Å². The van der Waals surface area contributed by atoms with E-state index in [-0.39, 0.29) is 12.4 Å². The van der Waals surface area contributed by atoms with Crippen molar-refractivity contribution in [2.75, 3.05) is 6.54 Å². The molecule has 0 aliphatic heterocycles. The summed E-state index contributed by atoms with van der Waals surface area (Å²) in [6, 6.07) is 3.31. The molecule has 1 rings (SSSR count). The van der Waals surface area contributed by atoms with Crippen molar-refractivity contribution in [1.82, 2.24) is 0 Å². The SMILES string of the molecule is Cc1cc(C)c(C(O)(CN)C(C)(C)C)c(F)c1. The van der Waals surface area contributed by atoms with E-state index >= 15 is 0 Å². The molecule has 0 amide bonds. The quantitative estimate of drug-likeness (QED) is 0.833. The zero-order chi connectivity index (χ0) is 13.4. The lowest BCUT2D eigenvalue weighted by Gasteiger charge is -2.41. The van der Waals surface area contributed by atoms with Crippen molar-refractivity contribution >= 4 is 0 Å². The Morgan fingerprint density at radius 3 is 2.12 bits per heavy atom. The molecule has 0 saturated carbocycles. The van der Waals surface area contributed by atoms with Gasteiger partial charge in [-0.3, -0.25) is 0 Å². The molecule has 3 heteroatoms. The third-order valence-corrected chi connectivity index (χ3v) is 3.38. The van der Waals surface area contributed by atoms with Crippen molar-refractivity contribution in [2.24, 2.45) is 11.1 Å². The summed E-state index contributed by atoms with van der Waals surface area (Å²) in [5.74, 6) is -0.384. The summed E-state index contributed by atoms with van der Waals surface area (Å²) >= 11 is 0. The van der Waals surface area contributed by atoms with Crippen molar-refractivity contribution in [2.45, 2.75) is 40.2 Å². The maximum Gasteiger partial charge on any atom is 0.129 e. The molecule has 0 aliphatic rings. The molecule has 1 unspecified atom stereocenters. The summed E-state index contributed by atoms with van der Waals surface area (Å²) in [5.41, 5.74) is 5.71. The highest BCUT2D eigenvalue weighted by Crippen LogP contribution is 2.41. The fourth-order valence-electron chi connectivity index (χ4n) is 2.22. The van der Waals surface area contributed by atoms with Crippen LogP contribution in [0, 0.1) is 25.1 Å². The van der Waals surface area contributed by atoms with Crippen LogP contribution < -0.4 is 5.73 Å². The number of rotatable bonds is 2. The van der Waals surface area contributed by atoms with E-state index in [0.717, 1.165) is 11.1 Å². The summed E-state index contributed by atoms with van der Waals surface area (Å²) in [4.78, 5) is 0. The molecule has 1 atom stereocenters. The second kappa shape index (κ2) is 4.39. The molecular formula is C14H22FNO. The largest absolute Gasteiger partial charge is 0.383 e. The van der Waals surface area contributed by atoms with Crippen LogP contribution in [0.5, 0.6) is 0 Å². The van der Waals surface area contributed by atoms with Crippen molar-refractivity contribution in [3.63, 3.8) is 0 Å². The minimum absolute atomic E-state index is 0.00266. The average molecular weight is 239 g/mol. The van der Waals surface area contributed by atoms with Gasteiger partial charge in [-0.25, -0.2) is 4.39 Å². The van der Waals surface area contributed by atoms with Crippen LogP contribution in [0.1, 0.15) is 37.5 Å². The van der Waals surface area contributed by atoms with E-state index in [4.69, 9.17) is 5.73 Å². The van der Waals surface area contributed by atoms with E-state index in [2.05, 4.69) is 0 Å². The topological polar surface area (TPSA) is 46.2 Å². The van der Waals surface area contributed by atoms with Gasteiger partial charge in [0.05, 0.1) is 0 Å². The van der Waals surface area contributed by atoms with Gasteiger partial charge in [0.2, 0.25) is 0 Å². The molecule has 0 aromatic heterocycles. The molecule has 0 radical (unpaired) electrons. The Hall–Kier alpha value is -0.930. The van der Waals surface area contributed by atoms with E-state index in [1.807, 2.05) is 33.8 Å². The molecule has 1 aromatic rings. The Morgan fingerprint density at radius 1 is 1.24 bits per heavy atom.